The number of likely N-dealkylation sites (tertiary alicyclic amines) is 1. The van der Waals surface area contributed by atoms with Crippen molar-refractivity contribution in [2.45, 2.75) is 44.1 Å². The highest BCUT2D eigenvalue weighted by molar-refractivity contribution is 8.00. The Kier molecular flexibility index (Phi) is 7.30. The third-order valence-electron chi connectivity index (χ3n) is 5.01. The van der Waals surface area contributed by atoms with Crippen molar-refractivity contribution in [3.05, 3.63) is 40.9 Å². The molecule has 0 bridgehead atoms. The van der Waals surface area contributed by atoms with Crippen molar-refractivity contribution in [3.63, 3.8) is 0 Å². The highest BCUT2D eigenvalue weighted by Gasteiger charge is 2.30. The van der Waals surface area contributed by atoms with Gasteiger partial charge in [0.15, 0.2) is 11.0 Å². The Hall–Kier alpha value is -1.50. The molecule has 1 saturated heterocycles. The average Bonchev–Trinajstić information content (AvgIpc) is 3.03. The van der Waals surface area contributed by atoms with Gasteiger partial charge in [0.25, 0.3) is 0 Å². The molecule has 156 valence electrons. The smallest absolute Gasteiger partial charge is 0.235 e. The summed E-state index contributed by atoms with van der Waals surface area (Å²) in [4.78, 5) is 15.0. The second-order valence-electron chi connectivity index (χ2n) is 7.78. The molecule has 3 rings (SSSR count). The first-order valence-electron chi connectivity index (χ1n) is 9.75. The van der Waals surface area contributed by atoms with Gasteiger partial charge < -0.3 is 4.90 Å². The molecule has 1 amide bonds. The van der Waals surface area contributed by atoms with Crippen molar-refractivity contribution in [2.75, 3.05) is 13.1 Å². The van der Waals surface area contributed by atoms with Gasteiger partial charge in [0, 0.05) is 30.2 Å². The minimum absolute atomic E-state index is 0.146. The van der Waals surface area contributed by atoms with Crippen molar-refractivity contribution in [1.29, 1.82) is 0 Å². The van der Waals surface area contributed by atoms with E-state index in [1.807, 2.05) is 22.5 Å². The van der Waals surface area contributed by atoms with Crippen LogP contribution in [0.15, 0.2) is 36.0 Å². The molecule has 3 unspecified atom stereocenters. The van der Waals surface area contributed by atoms with Crippen LogP contribution in [0.3, 0.4) is 0 Å². The van der Waals surface area contributed by atoms with Crippen molar-refractivity contribution in [1.82, 2.24) is 19.7 Å². The summed E-state index contributed by atoms with van der Waals surface area (Å²) >= 11 is 13.8. The molecule has 3 atom stereocenters. The second-order valence-corrected chi connectivity index (χ2v) is 9.93. The van der Waals surface area contributed by atoms with E-state index in [1.165, 1.54) is 18.2 Å². The molecule has 1 aromatic heterocycles. The number of hydrogen-bond acceptors (Lipinski definition) is 4. The molecule has 0 saturated carbocycles. The van der Waals surface area contributed by atoms with Gasteiger partial charge in [-0.05, 0) is 43.4 Å². The minimum atomic E-state index is -0.256. The van der Waals surface area contributed by atoms with Crippen LogP contribution in [0.5, 0.6) is 0 Å². The topological polar surface area (TPSA) is 51.0 Å². The lowest BCUT2D eigenvalue weighted by atomic mass is 9.92. The number of carbonyl (C=O) groups is 1. The first kappa shape index (κ1) is 22.2. The van der Waals surface area contributed by atoms with E-state index in [0.717, 1.165) is 18.7 Å². The van der Waals surface area contributed by atoms with Crippen LogP contribution in [0, 0.1) is 11.8 Å². The van der Waals surface area contributed by atoms with Crippen LogP contribution < -0.4 is 0 Å². The molecule has 0 spiro atoms. The van der Waals surface area contributed by atoms with Crippen LogP contribution >= 0.6 is 35.0 Å². The summed E-state index contributed by atoms with van der Waals surface area (Å²) in [6.45, 7) is 12.3. The van der Waals surface area contributed by atoms with E-state index in [4.69, 9.17) is 23.2 Å². The summed E-state index contributed by atoms with van der Waals surface area (Å²) in [6.07, 6.45) is 2.95. The number of nitrogens with zero attached hydrogens (tertiary/aromatic N) is 4. The number of hydrogen-bond donors (Lipinski definition) is 0. The van der Waals surface area contributed by atoms with Crippen LogP contribution in [0.25, 0.3) is 11.4 Å². The molecule has 5 nitrogen and oxygen atoms in total. The zero-order chi connectivity index (χ0) is 21.1. The lowest BCUT2D eigenvalue weighted by molar-refractivity contribution is -0.132. The maximum atomic E-state index is 13.0. The Morgan fingerprint density at radius 1 is 1.31 bits per heavy atom. The largest absolute Gasteiger partial charge is 0.341 e. The monoisotopic (exact) mass is 452 g/mol. The van der Waals surface area contributed by atoms with E-state index in [9.17, 15) is 4.79 Å². The van der Waals surface area contributed by atoms with Crippen LogP contribution in [-0.4, -0.2) is 43.9 Å². The molecular formula is C21H26Cl2N4OS. The fraction of sp³-hybridized carbons (Fsp3) is 0.476. The SMILES string of the molecule is C=CCn1c(SC(C)C(=O)N2CC(C)CC(C)C2)nnc1-c1ccc(Cl)cc1Cl. The predicted molar refractivity (Wildman–Crippen MR) is 121 cm³/mol. The molecule has 0 N–H and O–H groups in total. The van der Waals surface area contributed by atoms with Crippen molar-refractivity contribution < 1.29 is 4.79 Å². The highest BCUT2D eigenvalue weighted by atomic mass is 35.5. The average molecular weight is 453 g/mol. The van der Waals surface area contributed by atoms with Crippen molar-refractivity contribution in [2.24, 2.45) is 11.8 Å². The van der Waals surface area contributed by atoms with Crippen LogP contribution in [-0.2, 0) is 11.3 Å². The Balaban J connectivity index is 1.82. The van der Waals surface area contributed by atoms with Crippen molar-refractivity contribution >= 4 is 40.9 Å². The number of allylic oxidation sites excluding steroid dienone is 1. The standard InChI is InChI=1S/C21H26Cl2N4OS/c1-5-8-27-19(17-7-6-16(22)10-18(17)23)24-25-21(27)29-15(4)20(28)26-11-13(2)9-14(3)12-26/h5-7,10,13-15H,1,8-9,11-12H2,2-4H3. The minimum Gasteiger partial charge on any atom is -0.341 e. The normalized spacial score (nSPS) is 20.5. The molecule has 8 heteroatoms. The van der Waals surface area contributed by atoms with Gasteiger partial charge in [-0.15, -0.1) is 16.8 Å². The maximum absolute atomic E-state index is 13.0. The molecule has 0 aliphatic carbocycles. The van der Waals surface area contributed by atoms with Gasteiger partial charge >= 0.3 is 0 Å². The lowest BCUT2D eigenvalue weighted by Crippen LogP contribution is -2.45. The molecule has 1 aromatic carbocycles. The van der Waals surface area contributed by atoms with Gasteiger partial charge in [0.2, 0.25) is 5.91 Å². The van der Waals surface area contributed by atoms with Gasteiger partial charge in [-0.2, -0.15) is 0 Å². The summed E-state index contributed by atoms with van der Waals surface area (Å²) in [5, 5.41) is 10.2. The third kappa shape index (κ3) is 5.16. The number of carbonyl (C=O) groups excluding carboxylic acids is 1. The quantitative estimate of drug-likeness (QED) is 0.433. The fourth-order valence-electron chi connectivity index (χ4n) is 3.85. The van der Waals surface area contributed by atoms with Crippen molar-refractivity contribution in [3.8, 4) is 11.4 Å². The Labute approximate surface area is 186 Å². The number of rotatable bonds is 6. The number of halogens is 2. The second kappa shape index (κ2) is 9.54. The molecule has 2 aromatic rings. The summed E-state index contributed by atoms with van der Waals surface area (Å²) in [5.41, 5.74) is 0.745. The molecule has 2 heterocycles. The third-order valence-corrected chi connectivity index (χ3v) is 6.63. The fourth-order valence-corrected chi connectivity index (χ4v) is 5.28. The van der Waals surface area contributed by atoms with E-state index in [1.54, 1.807) is 18.2 Å². The molecule has 29 heavy (non-hydrogen) atoms. The van der Waals surface area contributed by atoms with Crippen LogP contribution in [0.2, 0.25) is 10.0 Å². The van der Waals surface area contributed by atoms with Gasteiger partial charge in [-0.1, -0.05) is 54.9 Å². The van der Waals surface area contributed by atoms with Gasteiger partial charge in [-0.25, -0.2) is 0 Å². The van der Waals surface area contributed by atoms with Gasteiger partial charge in [-0.3, -0.25) is 9.36 Å². The van der Waals surface area contributed by atoms with Crippen LogP contribution in [0.4, 0.5) is 0 Å². The highest BCUT2D eigenvalue weighted by Crippen LogP contribution is 2.33. The molecule has 1 aliphatic heterocycles. The predicted octanol–water partition coefficient (Wildman–Crippen LogP) is 5.42. The zero-order valence-electron chi connectivity index (χ0n) is 16.9. The zero-order valence-corrected chi connectivity index (χ0v) is 19.3. The Morgan fingerprint density at radius 3 is 2.62 bits per heavy atom. The van der Waals surface area contributed by atoms with E-state index >= 15 is 0 Å². The number of benzene rings is 1. The first-order valence-corrected chi connectivity index (χ1v) is 11.4. The maximum Gasteiger partial charge on any atom is 0.235 e. The number of amides is 1. The van der Waals surface area contributed by atoms with E-state index in [2.05, 4.69) is 30.6 Å². The summed E-state index contributed by atoms with van der Waals surface area (Å²) < 4.78 is 1.93. The lowest BCUT2D eigenvalue weighted by Gasteiger charge is -2.36. The summed E-state index contributed by atoms with van der Waals surface area (Å²) in [7, 11) is 0. The first-order chi connectivity index (χ1) is 13.8. The summed E-state index contributed by atoms with van der Waals surface area (Å²) in [6, 6.07) is 5.28. The molecule has 0 radical (unpaired) electrons. The van der Waals surface area contributed by atoms with E-state index in [-0.39, 0.29) is 11.2 Å². The molecule has 1 aliphatic rings. The Morgan fingerprint density at radius 2 is 2.00 bits per heavy atom. The van der Waals surface area contributed by atoms with Gasteiger partial charge in [0.1, 0.15) is 0 Å². The number of piperidine rings is 1. The summed E-state index contributed by atoms with van der Waals surface area (Å²) in [5.74, 6) is 1.84. The number of aromatic nitrogens is 3. The van der Waals surface area contributed by atoms with Crippen LogP contribution in [0.1, 0.15) is 27.2 Å². The molecular weight excluding hydrogens is 427 g/mol. The number of thioether (sulfide) groups is 1. The van der Waals surface area contributed by atoms with Gasteiger partial charge in [0.05, 0.1) is 10.3 Å². The van der Waals surface area contributed by atoms with E-state index in [0.29, 0.717) is 39.4 Å². The van der Waals surface area contributed by atoms with E-state index < -0.39 is 0 Å². The molecule has 1 fully saturated rings. The Bertz CT molecular complexity index is 891.